The normalized spacial score (nSPS) is 16.7. The second-order valence-corrected chi connectivity index (χ2v) is 5.27. The van der Waals surface area contributed by atoms with Crippen LogP contribution in [0, 0.1) is 6.92 Å². The summed E-state index contributed by atoms with van der Waals surface area (Å²) < 4.78 is 0. The Kier molecular flexibility index (Phi) is 4.55. The average molecular weight is 264 g/mol. The van der Waals surface area contributed by atoms with Crippen molar-refractivity contribution in [2.75, 3.05) is 38.0 Å². The number of nitrogens with zero attached hydrogens (tertiary/aromatic N) is 1. The molecule has 0 bridgehead atoms. The van der Waals surface area contributed by atoms with E-state index in [1.165, 1.54) is 25.2 Å². The van der Waals surface area contributed by atoms with Gasteiger partial charge in [-0.2, -0.15) is 0 Å². The lowest BCUT2D eigenvalue weighted by molar-refractivity contribution is -0.902. The fourth-order valence-corrected chi connectivity index (χ4v) is 2.52. The fourth-order valence-electron chi connectivity index (χ4n) is 2.22. The zero-order valence-corrected chi connectivity index (χ0v) is 12.0. The van der Waals surface area contributed by atoms with E-state index in [2.05, 4.69) is 48.3 Å². The molecular formula is C14H22N3S+. The summed E-state index contributed by atoms with van der Waals surface area (Å²) in [6.07, 6.45) is 0. The molecule has 0 aromatic heterocycles. The molecule has 1 aromatic rings. The maximum atomic E-state index is 5.47. The molecule has 1 fully saturated rings. The first kappa shape index (κ1) is 13.3. The number of likely N-dealkylation sites (N-methyl/N-ethyl adjacent to an activating group) is 1. The van der Waals surface area contributed by atoms with Gasteiger partial charge in [-0.15, -0.1) is 0 Å². The van der Waals surface area contributed by atoms with Crippen molar-refractivity contribution in [3.8, 4) is 0 Å². The summed E-state index contributed by atoms with van der Waals surface area (Å²) in [6, 6.07) is 8.36. The molecule has 0 unspecified atom stereocenters. The quantitative estimate of drug-likeness (QED) is 0.775. The van der Waals surface area contributed by atoms with E-state index in [9.17, 15) is 0 Å². The van der Waals surface area contributed by atoms with Crippen molar-refractivity contribution in [2.45, 2.75) is 13.8 Å². The van der Waals surface area contributed by atoms with Crippen LogP contribution in [0.15, 0.2) is 24.3 Å². The SMILES string of the molecule is CC[NH+]1CCN(C(=S)Nc2ccc(C)cc2)CC1. The molecule has 0 amide bonds. The summed E-state index contributed by atoms with van der Waals surface area (Å²) in [5, 5.41) is 4.18. The maximum absolute atomic E-state index is 5.47. The van der Waals surface area contributed by atoms with Crippen LogP contribution in [0.1, 0.15) is 12.5 Å². The summed E-state index contributed by atoms with van der Waals surface area (Å²) in [4.78, 5) is 3.94. The van der Waals surface area contributed by atoms with E-state index in [0.717, 1.165) is 23.9 Å². The molecule has 0 atom stereocenters. The molecule has 1 aliphatic rings. The first-order valence-electron chi connectivity index (χ1n) is 6.65. The van der Waals surface area contributed by atoms with Crippen molar-refractivity contribution in [2.24, 2.45) is 0 Å². The van der Waals surface area contributed by atoms with Crippen LogP contribution in [0.4, 0.5) is 5.69 Å². The van der Waals surface area contributed by atoms with Crippen molar-refractivity contribution in [1.82, 2.24) is 4.90 Å². The molecule has 1 aliphatic heterocycles. The molecule has 0 radical (unpaired) electrons. The molecule has 0 aliphatic carbocycles. The Balaban J connectivity index is 1.87. The summed E-state index contributed by atoms with van der Waals surface area (Å²) in [5.74, 6) is 0. The third-order valence-corrected chi connectivity index (χ3v) is 3.92. The molecule has 4 heteroatoms. The number of rotatable bonds is 2. The van der Waals surface area contributed by atoms with Gasteiger partial charge in [0.25, 0.3) is 0 Å². The third-order valence-electron chi connectivity index (χ3n) is 3.56. The van der Waals surface area contributed by atoms with Gasteiger partial charge in [-0.05, 0) is 38.2 Å². The van der Waals surface area contributed by atoms with Crippen molar-refractivity contribution in [1.29, 1.82) is 0 Å². The molecule has 1 saturated heterocycles. The van der Waals surface area contributed by atoms with E-state index in [1.54, 1.807) is 4.90 Å². The van der Waals surface area contributed by atoms with Gasteiger partial charge in [-0.1, -0.05) is 17.7 Å². The first-order valence-corrected chi connectivity index (χ1v) is 7.06. The Bertz CT molecular complexity index is 394. The van der Waals surface area contributed by atoms with E-state index >= 15 is 0 Å². The predicted molar refractivity (Wildman–Crippen MR) is 80.2 cm³/mol. The minimum atomic E-state index is 0.856. The average Bonchev–Trinajstić information content (AvgIpc) is 2.41. The van der Waals surface area contributed by atoms with Gasteiger partial charge in [-0.3, -0.25) is 0 Å². The van der Waals surface area contributed by atoms with Crippen LogP contribution < -0.4 is 10.2 Å². The molecule has 1 heterocycles. The van der Waals surface area contributed by atoms with Crippen molar-refractivity contribution >= 4 is 23.0 Å². The molecule has 2 N–H and O–H groups in total. The number of benzene rings is 1. The number of quaternary nitrogens is 1. The molecule has 0 spiro atoms. The lowest BCUT2D eigenvalue weighted by Crippen LogP contribution is -3.14. The minimum absolute atomic E-state index is 0.856. The van der Waals surface area contributed by atoms with Crippen LogP contribution in [-0.4, -0.2) is 42.7 Å². The molecule has 98 valence electrons. The Labute approximate surface area is 115 Å². The van der Waals surface area contributed by atoms with Gasteiger partial charge in [0.2, 0.25) is 0 Å². The van der Waals surface area contributed by atoms with Crippen LogP contribution in [0.5, 0.6) is 0 Å². The van der Waals surface area contributed by atoms with Gasteiger partial charge < -0.3 is 15.1 Å². The highest BCUT2D eigenvalue weighted by molar-refractivity contribution is 7.80. The van der Waals surface area contributed by atoms with Gasteiger partial charge in [0.1, 0.15) is 0 Å². The third kappa shape index (κ3) is 3.43. The second-order valence-electron chi connectivity index (χ2n) is 4.89. The lowest BCUT2D eigenvalue weighted by Gasteiger charge is -2.33. The highest BCUT2D eigenvalue weighted by Crippen LogP contribution is 2.09. The van der Waals surface area contributed by atoms with Crippen LogP contribution in [0.25, 0.3) is 0 Å². The predicted octanol–water partition coefficient (Wildman–Crippen LogP) is 0.912. The Hall–Kier alpha value is -1.13. The van der Waals surface area contributed by atoms with Crippen molar-refractivity contribution in [3.63, 3.8) is 0 Å². The van der Waals surface area contributed by atoms with Crippen molar-refractivity contribution in [3.05, 3.63) is 29.8 Å². The van der Waals surface area contributed by atoms with Gasteiger partial charge in [0.15, 0.2) is 5.11 Å². The largest absolute Gasteiger partial charge is 0.338 e. The number of hydrogen-bond acceptors (Lipinski definition) is 1. The van der Waals surface area contributed by atoms with Crippen LogP contribution in [0.2, 0.25) is 0 Å². The van der Waals surface area contributed by atoms with Gasteiger partial charge in [0.05, 0.1) is 32.7 Å². The Morgan fingerprint density at radius 1 is 1.28 bits per heavy atom. The van der Waals surface area contributed by atoms with Gasteiger partial charge in [-0.25, -0.2) is 0 Å². The number of nitrogens with one attached hydrogen (secondary N) is 2. The van der Waals surface area contributed by atoms with Crippen LogP contribution in [-0.2, 0) is 0 Å². The number of anilines is 1. The molecule has 3 nitrogen and oxygen atoms in total. The number of aryl methyl sites for hydroxylation is 1. The van der Waals surface area contributed by atoms with Crippen LogP contribution in [0.3, 0.4) is 0 Å². The Morgan fingerprint density at radius 2 is 1.89 bits per heavy atom. The molecular weight excluding hydrogens is 242 g/mol. The van der Waals surface area contributed by atoms with Crippen molar-refractivity contribution < 1.29 is 4.90 Å². The summed E-state index contributed by atoms with van der Waals surface area (Å²) in [7, 11) is 0. The zero-order chi connectivity index (χ0) is 13.0. The monoisotopic (exact) mass is 264 g/mol. The lowest BCUT2D eigenvalue weighted by atomic mass is 10.2. The molecule has 2 rings (SSSR count). The van der Waals surface area contributed by atoms with E-state index in [0.29, 0.717) is 0 Å². The smallest absolute Gasteiger partial charge is 0.173 e. The molecule has 0 saturated carbocycles. The molecule has 1 aromatic carbocycles. The highest BCUT2D eigenvalue weighted by Gasteiger charge is 2.20. The van der Waals surface area contributed by atoms with E-state index in [1.807, 2.05) is 0 Å². The summed E-state index contributed by atoms with van der Waals surface area (Å²) in [6.45, 7) is 10.0. The highest BCUT2D eigenvalue weighted by atomic mass is 32.1. The van der Waals surface area contributed by atoms with E-state index in [4.69, 9.17) is 12.2 Å². The Morgan fingerprint density at radius 3 is 2.44 bits per heavy atom. The first-order chi connectivity index (χ1) is 8.69. The standard InChI is InChI=1S/C14H21N3S/c1-3-16-8-10-17(11-9-16)14(18)15-13-6-4-12(2)5-7-13/h4-7H,3,8-11H2,1-2H3,(H,15,18)/p+1. The minimum Gasteiger partial charge on any atom is -0.338 e. The van der Waals surface area contributed by atoms with Crippen LogP contribution >= 0.6 is 12.2 Å². The van der Waals surface area contributed by atoms with Gasteiger partial charge in [0, 0.05) is 5.69 Å². The van der Waals surface area contributed by atoms with Gasteiger partial charge >= 0.3 is 0 Å². The number of piperazine rings is 1. The topological polar surface area (TPSA) is 19.7 Å². The number of hydrogen-bond donors (Lipinski definition) is 2. The summed E-state index contributed by atoms with van der Waals surface area (Å²) >= 11 is 5.47. The second kappa shape index (κ2) is 6.16. The van der Waals surface area contributed by atoms with E-state index < -0.39 is 0 Å². The maximum Gasteiger partial charge on any atom is 0.173 e. The summed E-state index contributed by atoms with van der Waals surface area (Å²) in [5.41, 5.74) is 2.35. The zero-order valence-electron chi connectivity index (χ0n) is 11.2. The fraction of sp³-hybridized carbons (Fsp3) is 0.500. The number of thiocarbonyl (C=S) groups is 1. The molecule has 18 heavy (non-hydrogen) atoms. The van der Waals surface area contributed by atoms with E-state index in [-0.39, 0.29) is 0 Å².